The number of nitrogens with zero attached hydrogens (tertiary/aromatic N) is 1. The molecule has 1 aliphatic heterocycles. The average Bonchev–Trinajstić information content (AvgIpc) is 3.37. The van der Waals surface area contributed by atoms with Crippen LogP contribution in [0.4, 0.5) is 9.59 Å². The maximum Gasteiger partial charge on any atom is 0.412 e. The molecule has 2 aliphatic rings. The van der Waals surface area contributed by atoms with Gasteiger partial charge in [-0.2, -0.15) is 0 Å². The molecule has 1 aliphatic carbocycles. The van der Waals surface area contributed by atoms with Crippen molar-refractivity contribution in [3.05, 3.63) is 11.4 Å². The Balaban J connectivity index is 2.43. The van der Waals surface area contributed by atoms with Crippen LogP contribution >= 0.6 is 10.0 Å². The lowest BCUT2D eigenvalue weighted by molar-refractivity contribution is -0.120. The van der Waals surface area contributed by atoms with Crippen molar-refractivity contribution in [2.45, 2.75) is 70.3 Å². The Bertz CT molecular complexity index is 847. The monoisotopic (exact) mass is 470 g/mol. The van der Waals surface area contributed by atoms with E-state index >= 15 is 0 Å². The van der Waals surface area contributed by atoms with Crippen LogP contribution in [0.2, 0.25) is 0 Å². The lowest BCUT2D eigenvalue weighted by atomic mass is 9.97. The van der Waals surface area contributed by atoms with Crippen molar-refractivity contribution in [1.29, 1.82) is 5.41 Å². The Hall–Kier alpha value is -2.23. The lowest BCUT2D eigenvalue weighted by Gasteiger charge is -2.35. The zero-order valence-corrected chi connectivity index (χ0v) is 21.5. The van der Waals surface area contributed by atoms with Crippen LogP contribution in [-0.2, 0) is 14.3 Å². The van der Waals surface area contributed by atoms with E-state index in [1.54, 1.807) is 41.5 Å². The zero-order valence-electron chi connectivity index (χ0n) is 20.7. The third-order valence-electron chi connectivity index (χ3n) is 5.85. The minimum atomic E-state index is -1.20. The second kappa shape index (κ2) is 8.61. The Labute approximate surface area is 192 Å². The molecule has 1 heterocycles. The summed E-state index contributed by atoms with van der Waals surface area (Å²) in [5, 5.41) is 14.2. The van der Waals surface area contributed by atoms with Crippen molar-refractivity contribution < 1.29 is 23.9 Å². The maximum atomic E-state index is 13.3. The molecule has 0 aromatic rings. The predicted octanol–water partition coefficient (Wildman–Crippen LogP) is 3.34. The quantitative estimate of drug-likeness (QED) is 0.569. The van der Waals surface area contributed by atoms with Gasteiger partial charge in [0.15, 0.2) is 0 Å². The highest BCUT2D eigenvalue weighted by atomic mass is 32.3. The molecular formula is C22H38N4O5S. The number of amides is 3. The molecule has 2 fully saturated rings. The number of carbonyl (C=O) groups is 3. The van der Waals surface area contributed by atoms with Gasteiger partial charge in [0, 0.05) is 5.57 Å². The summed E-state index contributed by atoms with van der Waals surface area (Å²) in [6, 6.07) is 0. The van der Waals surface area contributed by atoms with Gasteiger partial charge < -0.3 is 20.2 Å². The number of rotatable bonds is 5. The Morgan fingerprint density at radius 1 is 1.12 bits per heavy atom. The van der Waals surface area contributed by atoms with E-state index in [2.05, 4.69) is 29.4 Å². The third kappa shape index (κ3) is 5.22. The number of carbonyl (C=O) groups excluding carboxylic acids is 3. The van der Waals surface area contributed by atoms with E-state index in [1.807, 2.05) is 0 Å². The fourth-order valence-electron chi connectivity index (χ4n) is 3.66. The first-order valence-electron chi connectivity index (χ1n) is 10.7. The van der Waals surface area contributed by atoms with Crippen molar-refractivity contribution in [1.82, 2.24) is 15.5 Å². The second-order valence-corrected chi connectivity index (χ2v) is 14.9. The summed E-state index contributed by atoms with van der Waals surface area (Å²) in [7, 11) is -1.20. The molecule has 0 bridgehead atoms. The number of nitrogens with one attached hydrogen (secondary N) is 3. The minimum absolute atomic E-state index is 0.0120. The van der Waals surface area contributed by atoms with E-state index in [4.69, 9.17) is 14.9 Å². The van der Waals surface area contributed by atoms with Gasteiger partial charge in [0.1, 0.15) is 11.4 Å². The molecule has 10 heteroatoms. The Morgan fingerprint density at radius 3 is 2.12 bits per heavy atom. The molecule has 1 saturated carbocycles. The first-order chi connectivity index (χ1) is 14.5. The average molecular weight is 471 g/mol. The maximum absolute atomic E-state index is 13.3. The van der Waals surface area contributed by atoms with Gasteiger partial charge >= 0.3 is 12.2 Å². The molecule has 2 rings (SSSR count). The van der Waals surface area contributed by atoms with Gasteiger partial charge in [-0.3, -0.25) is 15.0 Å². The van der Waals surface area contributed by atoms with E-state index < -0.39 is 38.1 Å². The van der Waals surface area contributed by atoms with Crippen molar-refractivity contribution in [2.24, 2.45) is 0 Å². The van der Waals surface area contributed by atoms with E-state index in [1.165, 1.54) is 4.90 Å². The number of ether oxygens (including phenoxy) is 2. The van der Waals surface area contributed by atoms with E-state index in [9.17, 15) is 14.4 Å². The Kier molecular flexibility index (Phi) is 7.00. The fraction of sp³-hybridized carbons (Fsp3) is 0.727. The van der Waals surface area contributed by atoms with Crippen LogP contribution in [-0.4, -0.2) is 76.5 Å². The van der Waals surface area contributed by atoms with Gasteiger partial charge in [0.05, 0.1) is 29.1 Å². The van der Waals surface area contributed by atoms with Crippen LogP contribution < -0.4 is 10.6 Å². The molecule has 32 heavy (non-hydrogen) atoms. The molecule has 0 radical (unpaired) electrons. The molecule has 0 atom stereocenters. The summed E-state index contributed by atoms with van der Waals surface area (Å²) in [6.07, 6.45) is 6.55. The zero-order chi connectivity index (χ0) is 24.7. The van der Waals surface area contributed by atoms with Crippen LogP contribution in [0.1, 0.15) is 54.4 Å². The van der Waals surface area contributed by atoms with Crippen LogP contribution in [0.3, 0.4) is 0 Å². The normalized spacial score (nSPS) is 21.5. The largest absolute Gasteiger partial charge is 0.450 e. The van der Waals surface area contributed by atoms with Crippen LogP contribution in [0.25, 0.3) is 0 Å². The first kappa shape index (κ1) is 26.0. The molecule has 3 N–H and O–H groups in total. The van der Waals surface area contributed by atoms with Crippen LogP contribution in [0.15, 0.2) is 11.4 Å². The first-order valence-corrected chi connectivity index (χ1v) is 13.6. The van der Waals surface area contributed by atoms with Crippen LogP contribution in [0.5, 0.6) is 0 Å². The van der Waals surface area contributed by atoms with E-state index in [0.717, 1.165) is 12.8 Å². The molecule has 0 aromatic carbocycles. The third-order valence-corrected chi connectivity index (χ3v) is 8.79. The van der Waals surface area contributed by atoms with Gasteiger partial charge in [-0.1, -0.05) is 0 Å². The molecule has 9 nitrogen and oxygen atoms in total. The lowest BCUT2D eigenvalue weighted by Crippen LogP contribution is -2.48. The van der Waals surface area contributed by atoms with Crippen LogP contribution in [0, 0.1) is 5.41 Å². The summed E-state index contributed by atoms with van der Waals surface area (Å²) in [6.45, 7) is 10.6. The fourth-order valence-corrected chi connectivity index (χ4v) is 5.60. The van der Waals surface area contributed by atoms with Crippen molar-refractivity contribution in [3.63, 3.8) is 0 Å². The van der Waals surface area contributed by atoms with Gasteiger partial charge in [0.25, 0.3) is 0 Å². The molecule has 1 saturated heterocycles. The Morgan fingerprint density at radius 2 is 1.69 bits per heavy atom. The van der Waals surface area contributed by atoms with Crippen molar-refractivity contribution in [3.8, 4) is 0 Å². The molecule has 3 amide bonds. The predicted molar refractivity (Wildman–Crippen MR) is 127 cm³/mol. The SMILES string of the molecule is CCOC(=O)N/C(NC(=O)C1(S(C)(C)C)CC1)=C1/CN(C(=O)OC(C)(C)C)C(C)(C)C1=N. The number of alkyl carbamates (subject to hydrolysis) is 1. The molecule has 0 unspecified atom stereocenters. The van der Waals surface area contributed by atoms with E-state index in [-0.39, 0.29) is 30.6 Å². The van der Waals surface area contributed by atoms with Crippen molar-refractivity contribution >= 4 is 33.8 Å². The highest BCUT2D eigenvalue weighted by Gasteiger charge is 2.56. The summed E-state index contributed by atoms with van der Waals surface area (Å²) in [4.78, 5) is 39.7. The number of likely N-dealkylation sites (tertiary alicyclic amines) is 1. The summed E-state index contributed by atoms with van der Waals surface area (Å²) >= 11 is 0. The molecule has 0 aromatic heterocycles. The van der Waals surface area contributed by atoms with Crippen molar-refractivity contribution in [2.75, 3.05) is 31.9 Å². The number of hydrogen-bond donors (Lipinski definition) is 3. The molecule has 182 valence electrons. The smallest absolute Gasteiger partial charge is 0.412 e. The van der Waals surface area contributed by atoms with Gasteiger partial charge in [-0.05, 0) is 73.2 Å². The highest BCUT2D eigenvalue weighted by molar-refractivity contribution is 8.33. The van der Waals surface area contributed by atoms with E-state index in [0.29, 0.717) is 5.57 Å². The number of hydrogen-bond acceptors (Lipinski definition) is 6. The molecule has 0 spiro atoms. The summed E-state index contributed by atoms with van der Waals surface area (Å²) in [5.74, 6) is -0.0897. The van der Waals surface area contributed by atoms with Gasteiger partial charge in [-0.25, -0.2) is 19.6 Å². The topological polar surface area (TPSA) is 121 Å². The van der Waals surface area contributed by atoms with Gasteiger partial charge in [0.2, 0.25) is 5.91 Å². The summed E-state index contributed by atoms with van der Waals surface area (Å²) in [5.41, 5.74) is -1.22. The highest BCUT2D eigenvalue weighted by Crippen LogP contribution is 2.64. The van der Waals surface area contributed by atoms with Gasteiger partial charge in [-0.15, -0.1) is 0 Å². The second-order valence-electron chi connectivity index (χ2n) is 10.5. The standard InChI is InChI=1S/C22H38N4O5S/c1-10-30-18(28)25-16(24-17(27)22(11-12-22)32(7,8)9)14-13-26(21(5,6)15(14)23)19(29)31-20(2,3)4/h23H,10-13H2,1-9H3,(H,24,27)(H,25,28)/b16-14-,23-15?. The minimum Gasteiger partial charge on any atom is -0.450 e. The molecular weight excluding hydrogens is 432 g/mol. The summed E-state index contributed by atoms with van der Waals surface area (Å²) < 4.78 is 10.1.